The van der Waals surface area contributed by atoms with Gasteiger partial charge < -0.3 is 20.4 Å². The molecule has 0 bridgehead atoms. The third-order valence-corrected chi connectivity index (χ3v) is 3.71. The fourth-order valence-electron chi connectivity index (χ4n) is 2.49. The van der Waals surface area contributed by atoms with Gasteiger partial charge in [-0.1, -0.05) is 19.8 Å². The molecule has 1 aliphatic carbocycles. The molecule has 0 heterocycles. The quantitative estimate of drug-likeness (QED) is 0.646. The van der Waals surface area contributed by atoms with Crippen LogP contribution in [0.5, 0.6) is 0 Å². The van der Waals surface area contributed by atoms with Gasteiger partial charge in [0, 0.05) is 19.1 Å². The predicted octanol–water partition coefficient (Wildman–Crippen LogP) is 1.04. The molecule has 1 rings (SSSR count). The van der Waals surface area contributed by atoms with E-state index in [9.17, 15) is 9.59 Å². The Bertz CT molecular complexity index is 303. The first-order valence-electron chi connectivity index (χ1n) is 6.98. The molecule has 1 aliphatic rings. The minimum absolute atomic E-state index is 0.0694. The number of urea groups is 1. The number of aliphatic hydroxyl groups excluding tert-OH is 1. The molecule has 3 N–H and O–H groups in total. The molecule has 1 atom stereocenters. The van der Waals surface area contributed by atoms with Crippen LogP contribution in [-0.2, 0) is 4.79 Å². The van der Waals surface area contributed by atoms with Crippen molar-refractivity contribution in [2.75, 3.05) is 19.7 Å². The normalized spacial score (nSPS) is 17.2. The molecule has 0 aromatic carbocycles. The highest BCUT2D eigenvalue weighted by molar-refractivity contribution is 5.76. The van der Waals surface area contributed by atoms with Crippen LogP contribution in [0.25, 0.3) is 0 Å². The highest BCUT2D eigenvalue weighted by atomic mass is 16.4. The lowest BCUT2D eigenvalue weighted by atomic mass is 10.1. The maximum absolute atomic E-state index is 12.1. The fraction of sp³-hybridized carbons (Fsp3) is 0.846. The summed E-state index contributed by atoms with van der Waals surface area (Å²) in [7, 11) is 0. The summed E-state index contributed by atoms with van der Waals surface area (Å²) in [4.78, 5) is 24.6. The van der Waals surface area contributed by atoms with Gasteiger partial charge in [0.1, 0.15) is 0 Å². The Kier molecular flexibility index (Phi) is 6.62. The predicted molar refractivity (Wildman–Crippen MR) is 70.9 cm³/mol. The molecule has 6 nitrogen and oxygen atoms in total. The summed E-state index contributed by atoms with van der Waals surface area (Å²) in [5.74, 6) is -1.44. The van der Waals surface area contributed by atoms with Gasteiger partial charge in [-0.05, 0) is 19.3 Å². The Morgan fingerprint density at radius 1 is 1.37 bits per heavy atom. The fourth-order valence-corrected chi connectivity index (χ4v) is 2.49. The lowest BCUT2D eigenvalue weighted by Crippen LogP contribution is -2.48. The first kappa shape index (κ1) is 15.8. The maximum Gasteiger partial charge on any atom is 0.317 e. The second-order valence-corrected chi connectivity index (χ2v) is 4.98. The van der Waals surface area contributed by atoms with Crippen molar-refractivity contribution < 1.29 is 19.8 Å². The molecule has 0 saturated heterocycles. The van der Waals surface area contributed by atoms with Crippen LogP contribution in [0.1, 0.15) is 39.0 Å². The zero-order valence-corrected chi connectivity index (χ0v) is 11.5. The van der Waals surface area contributed by atoms with Crippen LogP contribution >= 0.6 is 0 Å². The Labute approximate surface area is 113 Å². The van der Waals surface area contributed by atoms with Crippen molar-refractivity contribution in [3.63, 3.8) is 0 Å². The Hall–Kier alpha value is -1.30. The van der Waals surface area contributed by atoms with E-state index in [1.54, 1.807) is 11.8 Å². The molecule has 2 amide bonds. The Balaban J connectivity index is 2.49. The third-order valence-electron chi connectivity index (χ3n) is 3.71. The molecule has 1 saturated carbocycles. The number of amides is 2. The van der Waals surface area contributed by atoms with Crippen molar-refractivity contribution in [3.05, 3.63) is 0 Å². The van der Waals surface area contributed by atoms with E-state index in [0.717, 1.165) is 25.7 Å². The number of rotatable bonds is 7. The number of aliphatic hydroxyl groups is 1. The van der Waals surface area contributed by atoms with Gasteiger partial charge in [0.2, 0.25) is 0 Å². The first-order chi connectivity index (χ1) is 9.10. The summed E-state index contributed by atoms with van der Waals surface area (Å²) in [6, 6.07) is -0.0855. The van der Waals surface area contributed by atoms with Crippen LogP contribution in [0, 0.1) is 5.92 Å². The van der Waals surface area contributed by atoms with Gasteiger partial charge in [0.25, 0.3) is 0 Å². The Morgan fingerprint density at radius 2 is 2.00 bits per heavy atom. The molecule has 110 valence electrons. The van der Waals surface area contributed by atoms with Gasteiger partial charge in [-0.3, -0.25) is 4.79 Å². The topological polar surface area (TPSA) is 89.9 Å². The molecular weight excluding hydrogens is 248 g/mol. The van der Waals surface area contributed by atoms with E-state index in [4.69, 9.17) is 10.2 Å². The van der Waals surface area contributed by atoms with E-state index in [0.29, 0.717) is 13.0 Å². The van der Waals surface area contributed by atoms with Gasteiger partial charge in [0.05, 0.1) is 12.5 Å². The molecule has 0 aliphatic heterocycles. The second-order valence-electron chi connectivity index (χ2n) is 4.98. The summed E-state index contributed by atoms with van der Waals surface area (Å²) in [6.07, 6.45) is 4.62. The van der Waals surface area contributed by atoms with Crippen LogP contribution in [-0.4, -0.2) is 52.9 Å². The van der Waals surface area contributed by atoms with Crippen molar-refractivity contribution >= 4 is 12.0 Å². The van der Waals surface area contributed by atoms with Gasteiger partial charge in [-0.15, -0.1) is 0 Å². The van der Waals surface area contributed by atoms with Gasteiger partial charge in [0.15, 0.2) is 0 Å². The maximum atomic E-state index is 12.1. The van der Waals surface area contributed by atoms with Gasteiger partial charge in [-0.25, -0.2) is 4.79 Å². The summed E-state index contributed by atoms with van der Waals surface area (Å²) in [5.41, 5.74) is 0. The number of carbonyl (C=O) groups is 2. The van der Waals surface area contributed by atoms with Crippen molar-refractivity contribution in [3.8, 4) is 0 Å². The summed E-state index contributed by atoms with van der Waals surface area (Å²) in [5, 5.41) is 20.6. The van der Waals surface area contributed by atoms with Crippen molar-refractivity contribution in [1.29, 1.82) is 0 Å². The van der Waals surface area contributed by atoms with Crippen LogP contribution in [0.2, 0.25) is 0 Å². The monoisotopic (exact) mass is 272 g/mol. The highest BCUT2D eigenvalue weighted by Crippen LogP contribution is 2.23. The molecule has 19 heavy (non-hydrogen) atoms. The number of carboxylic acid groups (broad SMARTS) is 1. The van der Waals surface area contributed by atoms with E-state index in [1.165, 1.54) is 0 Å². The summed E-state index contributed by atoms with van der Waals surface area (Å²) >= 11 is 0. The molecule has 6 heteroatoms. The van der Waals surface area contributed by atoms with E-state index in [1.807, 2.05) is 0 Å². The number of nitrogens with zero attached hydrogens (tertiary/aromatic N) is 1. The minimum atomic E-state index is -0.891. The molecular formula is C13H24N2O4. The van der Waals surface area contributed by atoms with Gasteiger partial charge >= 0.3 is 12.0 Å². The number of carboxylic acids is 1. The number of carbonyl (C=O) groups excluding carboxylic acids is 1. The molecule has 1 fully saturated rings. The average Bonchev–Trinajstić information content (AvgIpc) is 2.89. The Morgan fingerprint density at radius 3 is 2.47 bits per heavy atom. The van der Waals surface area contributed by atoms with Crippen LogP contribution < -0.4 is 5.32 Å². The SMILES string of the molecule is CCC(CNC(=O)N(CCO)C1CCCC1)C(=O)O. The van der Waals surface area contributed by atoms with E-state index >= 15 is 0 Å². The third kappa shape index (κ3) is 4.70. The zero-order valence-electron chi connectivity index (χ0n) is 11.5. The number of nitrogens with one attached hydrogen (secondary N) is 1. The second kappa shape index (κ2) is 7.99. The van der Waals surface area contributed by atoms with Gasteiger partial charge in [-0.2, -0.15) is 0 Å². The van der Waals surface area contributed by atoms with Crippen molar-refractivity contribution in [2.24, 2.45) is 5.92 Å². The van der Waals surface area contributed by atoms with Crippen molar-refractivity contribution in [2.45, 2.75) is 45.1 Å². The van der Waals surface area contributed by atoms with Crippen molar-refractivity contribution in [1.82, 2.24) is 10.2 Å². The van der Waals surface area contributed by atoms with Crippen LogP contribution in [0.15, 0.2) is 0 Å². The summed E-state index contributed by atoms with van der Waals surface area (Å²) in [6.45, 7) is 2.16. The molecule has 0 aromatic heterocycles. The molecule has 0 radical (unpaired) electrons. The zero-order chi connectivity index (χ0) is 14.3. The van der Waals surface area contributed by atoms with E-state index in [2.05, 4.69) is 5.32 Å². The number of aliphatic carboxylic acids is 1. The molecule has 1 unspecified atom stereocenters. The highest BCUT2D eigenvalue weighted by Gasteiger charge is 2.27. The van der Waals surface area contributed by atoms with Crippen LogP contribution in [0.4, 0.5) is 4.79 Å². The largest absolute Gasteiger partial charge is 0.481 e. The molecule has 0 spiro atoms. The number of hydrogen-bond donors (Lipinski definition) is 3. The lowest BCUT2D eigenvalue weighted by molar-refractivity contribution is -0.141. The van der Waals surface area contributed by atoms with E-state index < -0.39 is 11.9 Å². The average molecular weight is 272 g/mol. The smallest absolute Gasteiger partial charge is 0.317 e. The minimum Gasteiger partial charge on any atom is -0.481 e. The van der Waals surface area contributed by atoms with E-state index in [-0.39, 0.29) is 25.2 Å². The standard InChI is InChI=1S/C13H24N2O4/c1-2-10(12(17)18)9-14-13(19)15(7-8-16)11-5-3-4-6-11/h10-11,16H,2-9H2,1H3,(H,14,19)(H,17,18). The van der Waals surface area contributed by atoms with Crippen LogP contribution in [0.3, 0.4) is 0 Å². The molecule has 0 aromatic rings. The lowest BCUT2D eigenvalue weighted by Gasteiger charge is -2.29. The summed E-state index contributed by atoms with van der Waals surface area (Å²) < 4.78 is 0. The number of hydrogen-bond acceptors (Lipinski definition) is 3. The first-order valence-corrected chi connectivity index (χ1v) is 6.98.